The standard InChI is InChI=1S/C35H42ClN3O5/c1-6-20-37(25-12-10-9-11-13-25)31(41)28-29-32(42)39(27(22-40)23(4)5)30(35(29)19-18-34(28,8-3)44-35)33(43)38(21-7-2)26-16-14-24(36)15-17-26/h6-7,9-17,23,27-30,40H,1-2,8,18-22H2,3-5H3/t27-,28+,29-,30?,34-,35?/m0/s1. The van der Waals surface area contributed by atoms with E-state index in [1.54, 1.807) is 46.2 Å². The predicted octanol–water partition coefficient (Wildman–Crippen LogP) is 5.25. The van der Waals surface area contributed by atoms with Gasteiger partial charge in [-0.1, -0.05) is 62.7 Å². The van der Waals surface area contributed by atoms with Crippen LogP contribution in [0.3, 0.4) is 0 Å². The summed E-state index contributed by atoms with van der Waals surface area (Å²) in [5.41, 5.74) is -0.851. The number of likely N-dealkylation sites (tertiary alicyclic amines) is 1. The molecule has 0 aliphatic carbocycles. The third kappa shape index (κ3) is 4.97. The van der Waals surface area contributed by atoms with Gasteiger partial charge in [0.25, 0.3) is 5.91 Å². The molecule has 0 saturated carbocycles. The van der Waals surface area contributed by atoms with Gasteiger partial charge in [0.1, 0.15) is 11.6 Å². The van der Waals surface area contributed by atoms with Crippen molar-refractivity contribution in [2.24, 2.45) is 17.8 Å². The number of nitrogens with zero attached hydrogens (tertiary/aromatic N) is 3. The van der Waals surface area contributed by atoms with Crippen LogP contribution < -0.4 is 9.80 Å². The molecule has 1 N–H and O–H groups in total. The van der Waals surface area contributed by atoms with E-state index < -0.39 is 35.1 Å². The minimum Gasteiger partial charge on any atom is -0.394 e. The first-order valence-electron chi connectivity index (χ1n) is 15.4. The van der Waals surface area contributed by atoms with Crippen LogP contribution in [0.5, 0.6) is 0 Å². The highest BCUT2D eigenvalue weighted by Crippen LogP contribution is 2.65. The number of anilines is 2. The van der Waals surface area contributed by atoms with Gasteiger partial charge in [-0.3, -0.25) is 14.4 Å². The summed E-state index contributed by atoms with van der Waals surface area (Å²) < 4.78 is 7.00. The van der Waals surface area contributed by atoms with Crippen molar-refractivity contribution >= 4 is 40.7 Å². The van der Waals surface area contributed by atoms with Crippen molar-refractivity contribution in [3.63, 3.8) is 0 Å². The first kappa shape index (κ1) is 31.9. The Bertz CT molecular complexity index is 1420. The maximum Gasteiger partial charge on any atom is 0.253 e. The van der Waals surface area contributed by atoms with Crippen LogP contribution in [0.15, 0.2) is 79.9 Å². The van der Waals surface area contributed by atoms with E-state index in [2.05, 4.69) is 13.2 Å². The molecule has 1 spiro atoms. The third-order valence-electron chi connectivity index (χ3n) is 9.79. The summed E-state index contributed by atoms with van der Waals surface area (Å²) in [5, 5.41) is 11.1. The zero-order valence-corrected chi connectivity index (χ0v) is 26.5. The summed E-state index contributed by atoms with van der Waals surface area (Å²) in [6, 6.07) is 14.6. The van der Waals surface area contributed by atoms with E-state index in [9.17, 15) is 19.5 Å². The minimum absolute atomic E-state index is 0.161. The molecule has 3 saturated heterocycles. The monoisotopic (exact) mass is 619 g/mol. The summed E-state index contributed by atoms with van der Waals surface area (Å²) in [6.45, 7) is 13.7. The first-order chi connectivity index (χ1) is 21.1. The largest absolute Gasteiger partial charge is 0.394 e. The van der Waals surface area contributed by atoms with Gasteiger partial charge in [-0.15, -0.1) is 13.2 Å². The lowest BCUT2D eigenvalue weighted by Gasteiger charge is -2.40. The Labute approximate surface area is 264 Å². The molecule has 8 nitrogen and oxygen atoms in total. The summed E-state index contributed by atoms with van der Waals surface area (Å²) in [5.74, 6) is -2.76. The molecule has 2 aromatic rings. The number of hydrogen-bond acceptors (Lipinski definition) is 5. The number of aliphatic hydroxyl groups excluding tert-OH is 1. The molecule has 3 fully saturated rings. The third-order valence-corrected chi connectivity index (χ3v) is 10.0. The van der Waals surface area contributed by atoms with Gasteiger partial charge in [-0.25, -0.2) is 0 Å². The molecule has 5 rings (SSSR count). The highest BCUT2D eigenvalue weighted by molar-refractivity contribution is 6.30. The number of carbonyl (C=O) groups excluding carboxylic acids is 3. The second-order valence-electron chi connectivity index (χ2n) is 12.4. The number of hydrogen-bond donors (Lipinski definition) is 1. The lowest BCUT2D eigenvalue weighted by Crippen LogP contribution is -2.60. The van der Waals surface area contributed by atoms with Gasteiger partial charge in [0.05, 0.1) is 30.1 Å². The number of benzene rings is 2. The molecule has 3 amide bonds. The van der Waals surface area contributed by atoms with E-state index in [4.69, 9.17) is 16.3 Å². The molecule has 3 aliphatic heterocycles. The smallest absolute Gasteiger partial charge is 0.253 e. The van der Waals surface area contributed by atoms with Crippen molar-refractivity contribution in [1.29, 1.82) is 0 Å². The number of ether oxygens (including phenoxy) is 1. The van der Waals surface area contributed by atoms with E-state index in [1.807, 2.05) is 51.1 Å². The molecule has 234 valence electrons. The van der Waals surface area contributed by atoms with Crippen LogP contribution in [0.25, 0.3) is 0 Å². The number of rotatable bonds is 12. The van der Waals surface area contributed by atoms with Crippen LogP contribution in [0.4, 0.5) is 11.4 Å². The second kappa shape index (κ2) is 12.5. The number of amides is 3. The lowest BCUT2D eigenvalue weighted by molar-refractivity contribution is -0.150. The van der Waals surface area contributed by atoms with E-state index in [0.717, 1.165) is 0 Å². The van der Waals surface area contributed by atoms with Crippen molar-refractivity contribution < 1.29 is 24.2 Å². The number of halogens is 1. The summed E-state index contributed by atoms with van der Waals surface area (Å²) in [7, 11) is 0. The maximum absolute atomic E-state index is 14.9. The predicted molar refractivity (Wildman–Crippen MR) is 172 cm³/mol. The van der Waals surface area contributed by atoms with Gasteiger partial charge in [0, 0.05) is 29.5 Å². The molecule has 6 atom stereocenters. The fourth-order valence-electron chi connectivity index (χ4n) is 7.74. The van der Waals surface area contributed by atoms with Crippen molar-refractivity contribution in [1.82, 2.24) is 4.90 Å². The van der Waals surface area contributed by atoms with E-state index >= 15 is 0 Å². The van der Waals surface area contributed by atoms with Crippen molar-refractivity contribution in [3.05, 3.63) is 84.9 Å². The van der Waals surface area contributed by atoms with Crippen molar-refractivity contribution in [2.75, 3.05) is 29.5 Å². The Morgan fingerprint density at radius 2 is 1.61 bits per heavy atom. The van der Waals surface area contributed by atoms with Crippen LogP contribution in [-0.4, -0.2) is 70.7 Å². The number of carbonyl (C=O) groups is 3. The minimum atomic E-state index is -1.24. The lowest BCUT2D eigenvalue weighted by atomic mass is 9.64. The Morgan fingerprint density at radius 1 is 1.02 bits per heavy atom. The zero-order chi connectivity index (χ0) is 31.8. The second-order valence-corrected chi connectivity index (χ2v) is 12.8. The molecule has 2 aromatic carbocycles. The molecule has 44 heavy (non-hydrogen) atoms. The van der Waals surface area contributed by atoms with Gasteiger partial charge >= 0.3 is 0 Å². The Kier molecular flexibility index (Phi) is 9.08. The Balaban J connectivity index is 1.66. The van der Waals surface area contributed by atoms with Crippen LogP contribution in [0, 0.1) is 17.8 Å². The van der Waals surface area contributed by atoms with Crippen molar-refractivity contribution in [2.45, 2.75) is 63.3 Å². The number of aliphatic hydroxyl groups is 1. The Hall–Kier alpha value is -3.46. The fourth-order valence-corrected chi connectivity index (χ4v) is 7.86. The topological polar surface area (TPSA) is 90.4 Å². The average Bonchev–Trinajstić information content (AvgIpc) is 3.63. The van der Waals surface area contributed by atoms with Crippen LogP contribution >= 0.6 is 11.6 Å². The summed E-state index contributed by atoms with van der Waals surface area (Å²) in [4.78, 5) is 49.1. The van der Waals surface area contributed by atoms with Gasteiger partial charge in [0.15, 0.2) is 0 Å². The molecule has 3 heterocycles. The first-order valence-corrected chi connectivity index (χ1v) is 15.8. The molecule has 3 aliphatic rings. The van der Waals surface area contributed by atoms with Crippen LogP contribution in [-0.2, 0) is 19.1 Å². The summed E-state index contributed by atoms with van der Waals surface area (Å²) >= 11 is 6.16. The van der Waals surface area contributed by atoms with Gasteiger partial charge in [0.2, 0.25) is 11.8 Å². The fraction of sp³-hybridized carbons (Fsp3) is 0.457. The number of para-hydroxylation sites is 1. The zero-order valence-electron chi connectivity index (χ0n) is 25.7. The molecular formula is C35H42ClN3O5. The van der Waals surface area contributed by atoms with Gasteiger partial charge in [-0.2, -0.15) is 0 Å². The Morgan fingerprint density at radius 3 is 2.16 bits per heavy atom. The van der Waals surface area contributed by atoms with Crippen molar-refractivity contribution in [3.8, 4) is 0 Å². The molecule has 0 radical (unpaired) electrons. The van der Waals surface area contributed by atoms with Gasteiger partial charge in [-0.05, 0) is 61.6 Å². The molecule has 0 aromatic heterocycles. The SMILES string of the molecule is C=CCN(C(=O)C1N([C@@H](CO)C(C)C)C(=O)[C@@H]2[C@H](C(=O)N(CC=C)c3ccccc3)[C@]3(CC)CCC12O3)c1ccc(Cl)cc1. The normalized spacial score (nSPS) is 27.7. The molecule has 2 bridgehead atoms. The van der Waals surface area contributed by atoms with Crippen LogP contribution in [0.2, 0.25) is 5.02 Å². The van der Waals surface area contributed by atoms with E-state index in [1.165, 1.54) is 4.90 Å². The summed E-state index contributed by atoms with van der Waals surface area (Å²) in [6.07, 6.45) is 4.79. The molecule has 2 unspecified atom stereocenters. The average molecular weight is 620 g/mol. The van der Waals surface area contributed by atoms with Gasteiger partial charge < -0.3 is 24.5 Å². The maximum atomic E-state index is 14.9. The highest BCUT2D eigenvalue weighted by Gasteiger charge is 2.79. The molecule has 9 heteroatoms. The number of fused-ring (bicyclic) bond motifs is 1. The van der Waals surface area contributed by atoms with Crippen LogP contribution in [0.1, 0.15) is 40.0 Å². The van der Waals surface area contributed by atoms with E-state index in [0.29, 0.717) is 35.7 Å². The quantitative estimate of drug-likeness (QED) is 0.328. The highest BCUT2D eigenvalue weighted by atomic mass is 35.5. The van der Waals surface area contributed by atoms with E-state index in [-0.39, 0.29) is 43.3 Å². The molecular weight excluding hydrogens is 578 g/mol.